The van der Waals surface area contributed by atoms with Gasteiger partial charge in [-0.2, -0.15) is 5.26 Å². The summed E-state index contributed by atoms with van der Waals surface area (Å²) < 4.78 is 5.38. The van der Waals surface area contributed by atoms with Gasteiger partial charge < -0.3 is 15.0 Å². The first-order valence-electron chi connectivity index (χ1n) is 7.24. The highest BCUT2D eigenvalue weighted by Gasteiger charge is 2.32. The number of benzene rings is 1. The molecule has 0 saturated carbocycles. The third-order valence-corrected chi connectivity index (χ3v) is 4.00. The van der Waals surface area contributed by atoms with Gasteiger partial charge in [-0.15, -0.1) is 0 Å². The summed E-state index contributed by atoms with van der Waals surface area (Å²) in [5, 5.41) is 11.9. The molecule has 1 saturated heterocycles. The van der Waals surface area contributed by atoms with Crippen LogP contribution in [-0.4, -0.2) is 44.3 Å². The van der Waals surface area contributed by atoms with Gasteiger partial charge in [0.25, 0.3) is 5.91 Å². The molecule has 2 N–H and O–H groups in total. The van der Waals surface area contributed by atoms with Crippen LogP contribution < -0.4 is 10.2 Å². The van der Waals surface area contributed by atoms with E-state index in [1.54, 1.807) is 24.3 Å². The van der Waals surface area contributed by atoms with Crippen molar-refractivity contribution in [1.29, 1.82) is 5.26 Å². The Hall–Kier alpha value is -1.90. The van der Waals surface area contributed by atoms with Gasteiger partial charge in [0.2, 0.25) is 0 Å². The van der Waals surface area contributed by atoms with Crippen molar-refractivity contribution in [2.24, 2.45) is 0 Å². The Kier molecular flexibility index (Phi) is 4.94. The predicted octanol–water partition coefficient (Wildman–Crippen LogP) is -0.0182. The molecule has 0 unspecified atom stereocenters. The van der Waals surface area contributed by atoms with Crippen LogP contribution in [0.15, 0.2) is 24.3 Å². The lowest BCUT2D eigenvalue weighted by atomic mass is 10.0. The van der Waals surface area contributed by atoms with Crippen LogP contribution in [0.5, 0.6) is 0 Å². The monoisotopic (exact) mass is 288 g/mol. The Labute approximate surface area is 125 Å². The fraction of sp³-hybridized carbons (Fsp3) is 0.500. The number of nitrogens with one attached hydrogen (secondary N) is 2. The summed E-state index contributed by atoms with van der Waals surface area (Å²) in [4.78, 5) is 13.6. The predicted molar refractivity (Wildman–Crippen MR) is 79.1 cm³/mol. The van der Waals surface area contributed by atoms with Crippen molar-refractivity contribution in [2.75, 3.05) is 32.8 Å². The van der Waals surface area contributed by atoms with Crippen molar-refractivity contribution in [3.05, 3.63) is 35.4 Å². The molecule has 0 spiro atoms. The molecule has 21 heavy (non-hydrogen) atoms. The molecule has 112 valence electrons. The van der Waals surface area contributed by atoms with E-state index in [-0.39, 0.29) is 11.4 Å². The van der Waals surface area contributed by atoms with Crippen molar-refractivity contribution >= 4 is 5.91 Å². The number of rotatable bonds is 4. The first-order valence-corrected chi connectivity index (χ1v) is 7.24. The van der Waals surface area contributed by atoms with E-state index in [2.05, 4.69) is 19.2 Å². The average Bonchev–Trinajstić information content (AvgIpc) is 2.53. The third kappa shape index (κ3) is 4.03. The molecule has 1 fully saturated rings. The summed E-state index contributed by atoms with van der Waals surface area (Å²) in [6.45, 7) is 8.38. The lowest BCUT2D eigenvalue weighted by molar-refractivity contribution is -0.954. The van der Waals surface area contributed by atoms with Crippen LogP contribution in [0, 0.1) is 11.3 Å². The molecule has 5 nitrogen and oxygen atoms in total. The van der Waals surface area contributed by atoms with Crippen molar-refractivity contribution in [1.82, 2.24) is 5.32 Å². The molecule has 1 aliphatic heterocycles. The molecule has 0 atom stereocenters. The molecule has 5 heteroatoms. The molecule has 0 bridgehead atoms. The van der Waals surface area contributed by atoms with Crippen LogP contribution in [0.3, 0.4) is 0 Å². The topological polar surface area (TPSA) is 66.6 Å². The molecule has 1 aromatic carbocycles. The quantitative estimate of drug-likeness (QED) is 0.818. The normalized spacial score (nSPS) is 16.2. The fourth-order valence-electron chi connectivity index (χ4n) is 2.55. The second-order valence-electron chi connectivity index (χ2n) is 5.98. The minimum atomic E-state index is -0.132. The van der Waals surface area contributed by atoms with Crippen molar-refractivity contribution < 1.29 is 14.4 Å². The number of nitrogens with zero attached hydrogens (tertiary/aromatic N) is 1. The Bertz CT molecular complexity index is 543. The fourth-order valence-corrected chi connectivity index (χ4v) is 2.55. The number of hydrogen-bond acceptors (Lipinski definition) is 3. The number of nitriles is 1. The second kappa shape index (κ2) is 6.70. The van der Waals surface area contributed by atoms with Crippen molar-refractivity contribution in [3.8, 4) is 6.07 Å². The molecule has 0 aliphatic carbocycles. The molecule has 0 radical (unpaired) electrons. The lowest BCUT2D eigenvalue weighted by Crippen LogP contribution is -3.22. The van der Waals surface area contributed by atoms with Crippen molar-refractivity contribution in [2.45, 2.75) is 19.4 Å². The number of quaternary nitrogens is 1. The number of carbonyl (C=O) groups excluding carboxylic acids is 1. The first kappa shape index (κ1) is 15.5. The standard InChI is InChI=1S/C16H21N3O2/c1-16(2,19-6-8-21-9-7-19)12-18-15(20)14-5-3-4-13(10-14)11-17/h3-5,10H,6-9,12H2,1-2H3,(H,18,20)/p+1. The van der Waals surface area contributed by atoms with Gasteiger partial charge in [0, 0.05) is 5.56 Å². The summed E-state index contributed by atoms with van der Waals surface area (Å²) in [7, 11) is 0. The maximum absolute atomic E-state index is 12.2. The minimum Gasteiger partial charge on any atom is -0.370 e. The Morgan fingerprint density at radius 3 is 2.81 bits per heavy atom. The second-order valence-corrected chi connectivity index (χ2v) is 5.98. The largest absolute Gasteiger partial charge is 0.370 e. The molecular weight excluding hydrogens is 266 g/mol. The number of carbonyl (C=O) groups is 1. The van der Waals surface area contributed by atoms with Gasteiger partial charge >= 0.3 is 0 Å². The van der Waals surface area contributed by atoms with E-state index in [9.17, 15) is 4.79 Å². The van der Waals surface area contributed by atoms with Crippen LogP contribution in [0.1, 0.15) is 29.8 Å². The van der Waals surface area contributed by atoms with Gasteiger partial charge in [-0.25, -0.2) is 0 Å². The van der Waals surface area contributed by atoms with E-state index < -0.39 is 0 Å². The minimum absolute atomic E-state index is 0.0354. The summed E-state index contributed by atoms with van der Waals surface area (Å²) in [6.07, 6.45) is 0. The van der Waals surface area contributed by atoms with Crippen LogP contribution in [0.2, 0.25) is 0 Å². The van der Waals surface area contributed by atoms with E-state index in [0.717, 1.165) is 26.3 Å². The summed E-state index contributed by atoms with van der Waals surface area (Å²) in [5.41, 5.74) is 0.995. The van der Waals surface area contributed by atoms with Gasteiger partial charge in [0.05, 0.1) is 31.4 Å². The summed E-state index contributed by atoms with van der Waals surface area (Å²) in [5.74, 6) is -0.132. The smallest absolute Gasteiger partial charge is 0.251 e. The van der Waals surface area contributed by atoms with E-state index in [0.29, 0.717) is 17.7 Å². The first-order chi connectivity index (χ1) is 10.0. The number of morpholine rings is 1. The van der Waals surface area contributed by atoms with Gasteiger partial charge in [0.15, 0.2) is 0 Å². The Morgan fingerprint density at radius 1 is 1.43 bits per heavy atom. The maximum atomic E-state index is 12.2. The summed E-state index contributed by atoms with van der Waals surface area (Å²) in [6, 6.07) is 8.81. The average molecular weight is 288 g/mol. The van der Waals surface area contributed by atoms with E-state index in [4.69, 9.17) is 10.00 Å². The molecule has 1 heterocycles. The van der Waals surface area contributed by atoms with E-state index >= 15 is 0 Å². The highest BCUT2D eigenvalue weighted by Crippen LogP contribution is 2.04. The van der Waals surface area contributed by atoms with Crippen molar-refractivity contribution in [3.63, 3.8) is 0 Å². The van der Waals surface area contributed by atoms with E-state index in [1.807, 2.05) is 6.07 Å². The zero-order valence-corrected chi connectivity index (χ0v) is 12.6. The highest BCUT2D eigenvalue weighted by atomic mass is 16.5. The molecular formula is C16H22N3O2+. The van der Waals surface area contributed by atoms with Gasteiger partial charge in [-0.3, -0.25) is 4.79 Å². The Morgan fingerprint density at radius 2 is 2.14 bits per heavy atom. The molecule has 1 aliphatic rings. The van der Waals surface area contributed by atoms with Crippen LogP contribution in [0.25, 0.3) is 0 Å². The zero-order chi connectivity index (χ0) is 15.3. The van der Waals surface area contributed by atoms with Gasteiger partial charge in [-0.1, -0.05) is 6.07 Å². The number of amides is 1. The molecule has 0 aromatic heterocycles. The van der Waals surface area contributed by atoms with Gasteiger partial charge in [0.1, 0.15) is 18.6 Å². The van der Waals surface area contributed by atoms with Crippen LogP contribution >= 0.6 is 0 Å². The zero-order valence-electron chi connectivity index (χ0n) is 12.6. The molecule has 1 aromatic rings. The maximum Gasteiger partial charge on any atom is 0.251 e. The van der Waals surface area contributed by atoms with Crippen LogP contribution in [-0.2, 0) is 4.74 Å². The third-order valence-electron chi connectivity index (χ3n) is 4.00. The molecule has 1 amide bonds. The lowest BCUT2D eigenvalue weighted by Gasteiger charge is -2.37. The highest BCUT2D eigenvalue weighted by molar-refractivity contribution is 5.94. The number of hydrogen-bond donors (Lipinski definition) is 2. The van der Waals surface area contributed by atoms with Gasteiger partial charge in [-0.05, 0) is 32.0 Å². The van der Waals surface area contributed by atoms with E-state index in [1.165, 1.54) is 4.90 Å². The Balaban J connectivity index is 1.94. The van der Waals surface area contributed by atoms with Crippen LogP contribution in [0.4, 0.5) is 0 Å². The number of ether oxygens (including phenoxy) is 1. The summed E-state index contributed by atoms with van der Waals surface area (Å²) >= 11 is 0. The SMILES string of the molecule is CC(C)(CNC(=O)c1cccc(C#N)c1)[NH+]1CCOCC1. The molecule has 2 rings (SSSR count).